The van der Waals surface area contributed by atoms with Crippen molar-refractivity contribution in [2.45, 2.75) is 20.8 Å². The van der Waals surface area contributed by atoms with Gasteiger partial charge in [-0.25, -0.2) is 4.98 Å². The van der Waals surface area contributed by atoms with Crippen LogP contribution in [0.1, 0.15) is 26.6 Å². The molecule has 1 aromatic heterocycles. The van der Waals surface area contributed by atoms with E-state index in [0.29, 0.717) is 0 Å². The largest absolute Gasteiger partial charge is 0.345 e. The number of rotatable bonds is 2. The Kier molecular flexibility index (Phi) is 12.5. The summed E-state index contributed by atoms with van der Waals surface area (Å²) in [7, 11) is 1.50. The van der Waals surface area contributed by atoms with Gasteiger partial charge in [0, 0.05) is 18.6 Å². The summed E-state index contributed by atoms with van der Waals surface area (Å²) in [5.41, 5.74) is 5.47. The summed E-state index contributed by atoms with van der Waals surface area (Å²) in [6, 6.07) is 0. The van der Waals surface area contributed by atoms with Crippen LogP contribution >= 0.6 is 0 Å². The minimum Gasteiger partial charge on any atom is -0.345 e. The molecule has 0 bridgehead atoms. The molecule has 1 aromatic rings. The molecule has 4 nitrogen and oxygen atoms in total. The average Bonchev–Trinajstić information content (AvgIpc) is 2.77. The third-order valence-electron chi connectivity index (χ3n) is 1.21. The average molecular weight is 196 g/mol. The van der Waals surface area contributed by atoms with E-state index in [9.17, 15) is 0 Å². The van der Waals surface area contributed by atoms with Gasteiger partial charge in [0.25, 0.3) is 0 Å². The van der Waals surface area contributed by atoms with Crippen molar-refractivity contribution in [3.63, 3.8) is 0 Å². The van der Waals surface area contributed by atoms with E-state index in [1.54, 1.807) is 18.5 Å². The lowest BCUT2D eigenvalue weighted by atomic mass is 10.3. The highest BCUT2D eigenvalue weighted by Crippen LogP contribution is 2.04. The first-order chi connectivity index (χ1) is 6.84. The van der Waals surface area contributed by atoms with Crippen LogP contribution in [-0.2, 0) is 0 Å². The fraction of sp³-hybridized carbons (Fsp3) is 0.400. The van der Waals surface area contributed by atoms with E-state index in [4.69, 9.17) is 5.41 Å². The molecule has 0 unspecified atom stereocenters. The smallest absolute Gasteiger partial charge is 0.132 e. The van der Waals surface area contributed by atoms with E-state index < -0.39 is 0 Å². The lowest BCUT2D eigenvalue weighted by Crippen LogP contribution is -1.81. The molecule has 14 heavy (non-hydrogen) atoms. The first-order valence-corrected chi connectivity index (χ1v) is 4.59. The Balaban J connectivity index is 0. The number of nitrogens with one attached hydrogen (secondary N) is 2. The SMILES string of the molecule is C/C(=C/C=N)c1ncc[nH]1.CC.CN. The highest BCUT2D eigenvalue weighted by atomic mass is 14.9. The molecule has 0 fully saturated rings. The topological polar surface area (TPSA) is 78.5 Å². The molecule has 4 N–H and O–H groups in total. The van der Waals surface area contributed by atoms with Gasteiger partial charge >= 0.3 is 0 Å². The van der Waals surface area contributed by atoms with Crippen LogP contribution < -0.4 is 5.73 Å². The summed E-state index contributed by atoms with van der Waals surface area (Å²) in [5.74, 6) is 0.823. The molecule has 0 radical (unpaired) electrons. The molecule has 0 atom stereocenters. The molecule has 0 spiro atoms. The highest BCUT2D eigenvalue weighted by Gasteiger charge is 1.93. The van der Waals surface area contributed by atoms with Crippen LogP contribution in [0.25, 0.3) is 5.57 Å². The van der Waals surface area contributed by atoms with Gasteiger partial charge in [0.1, 0.15) is 5.82 Å². The molecule has 1 rings (SSSR count). The van der Waals surface area contributed by atoms with E-state index in [1.165, 1.54) is 13.3 Å². The predicted octanol–water partition coefficient (Wildman–Crippen LogP) is 2.06. The Morgan fingerprint density at radius 1 is 1.50 bits per heavy atom. The number of nitrogens with two attached hydrogens (primary N) is 1. The lowest BCUT2D eigenvalue weighted by molar-refractivity contribution is 1.23. The molecule has 0 saturated heterocycles. The quantitative estimate of drug-likeness (QED) is 0.633. The van der Waals surface area contributed by atoms with Crippen LogP contribution in [0, 0.1) is 5.41 Å². The number of imidazole rings is 1. The Morgan fingerprint density at radius 3 is 2.43 bits per heavy atom. The standard InChI is InChI=1S/C7H9N3.C2H6.CH5N/c1-6(2-3-8)7-9-4-5-10-7;2*1-2/h2-5,8H,1H3,(H,9,10);1-2H3;2H2,1H3/b6-2-,8-3?;;. The van der Waals surface area contributed by atoms with Crippen molar-refractivity contribution in [3.05, 3.63) is 24.3 Å². The second kappa shape index (κ2) is 11.6. The van der Waals surface area contributed by atoms with Gasteiger partial charge in [0.2, 0.25) is 0 Å². The van der Waals surface area contributed by atoms with E-state index in [1.807, 2.05) is 20.8 Å². The van der Waals surface area contributed by atoms with Crippen molar-refractivity contribution in [1.29, 1.82) is 5.41 Å². The first kappa shape index (κ1) is 15.1. The summed E-state index contributed by atoms with van der Waals surface area (Å²) in [6.07, 6.45) is 6.39. The van der Waals surface area contributed by atoms with Crippen molar-refractivity contribution in [2.24, 2.45) is 5.73 Å². The number of hydrogen-bond acceptors (Lipinski definition) is 3. The molecular weight excluding hydrogens is 176 g/mol. The summed E-state index contributed by atoms with van der Waals surface area (Å²) in [6.45, 7) is 5.91. The minimum absolute atomic E-state index is 0.823. The molecule has 0 aliphatic heterocycles. The Morgan fingerprint density at radius 2 is 2.07 bits per heavy atom. The van der Waals surface area contributed by atoms with E-state index in [-0.39, 0.29) is 0 Å². The highest BCUT2D eigenvalue weighted by molar-refractivity contribution is 5.80. The molecular formula is C10H20N4. The van der Waals surface area contributed by atoms with Crippen LogP contribution in [0.2, 0.25) is 0 Å². The molecule has 0 amide bonds. The second-order valence-corrected chi connectivity index (χ2v) is 1.95. The first-order valence-electron chi connectivity index (χ1n) is 4.59. The number of aromatic amines is 1. The van der Waals surface area contributed by atoms with E-state index in [0.717, 1.165) is 11.4 Å². The number of H-pyrrole nitrogens is 1. The van der Waals surface area contributed by atoms with Crippen molar-refractivity contribution >= 4 is 11.8 Å². The van der Waals surface area contributed by atoms with Crippen LogP contribution in [0.5, 0.6) is 0 Å². The summed E-state index contributed by atoms with van der Waals surface area (Å²) in [4.78, 5) is 6.95. The molecule has 4 heteroatoms. The molecule has 0 aromatic carbocycles. The Hall–Kier alpha value is -1.42. The summed E-state index contributed by atoms with van der Waals surface area (Å²) >= 11 is 0. The summed E-state index contributed by atoms with van der Waals surface area (Å²) < 4.78 is 0. The minimum atomic E-state index is 0.823. The van der Waals surface area contributed by atoms with Crippen LogP contribution in [0.4, 0.5) is 0 Å². The lowest BCUT2D eigenvalue weighted by Gasteiger charge is -1.90. The summed E-state index contributed by atoms with van der Waals surface area (Å²) in [5, 5.41) is 6.79. The fourth-order valence-corrected chi connectivity index (χ4v) is 0.685. The maximum Gasteiger partial charge on any atom is 0.132 e. The van der Waals surface area contributed by atoms with Crippen molar-refractivity contribution in [1.82, 2.24) is 9.97 Å². The van der Waals surface area contributed by atoms with Gasteiger partial charge in [-0.05, 0) is 25.6 Å². The zero-order valence-corrected chi connectivity index (χ0v) is 9.33. The molecule has 1 heterocycles. The number of allylic oxidation sites excluding steroid dienone is 2. The van der Waals surface area contributed by atoms with Crippen molar-refractivity contribution in [3.8, 4) is 0 Å². The molecule has 80 valence electrons. The third kappa shape index (κ3) is 6.14. The van der Waals surface area contributed by atoms with Crippen LogP contribution in [-0.4, -0.2) is 23.2 Å². The van der Waals surface area contributed by atoms with Crippen LogP contribution in [0.3, 0.4) is 0 Å². The van der Waals surface area contributed by atoms with Gasteiger partial charge in [-0.1, -0.05) is 13.8 Å². The third-order valence-corrected chi connectivity index (χ3v) is 1.21. The predicted molar refractivity (Wildman–Crippen MR) is 62.5 cm³/mol. The van der Waals surface area contributed by atoms with Crippen molar-refractivity contribution in [2.75, 3.05) is 7.05 Å². The van der Waals surface area contributed by atoms with Gasteiger partial charge in [0.05, 0.1) is 0 Å². The normalized spacial score (nSPS) is 9.07. The van der Waals surface area contributed by atoms with Gasteiger partial charge in [-0.3, -0.25) is 0 Å². The zero-order valence-electron chi connectivity index (χ0n) is 9.33. The van der Waals surface area contributed by atoms with E-state index in [2.05, 4.69) is 15.7 Å². The van der Waals surface area contributed by atoms with Gasteiger partial charge in [0.15, 0.2) is 0 Å². The van der Waals surface area contributed by atoms with Crippen LogP contribution in [0.15, 0.2) is 18.5 Å². The monoisotopic (exact) mass is 196 g/mol. The Labute approximate surface area is 85.8 Å². The van der Waals surface area contributed by atoms with Gasteiger partial charge in [-0.15, -0.1) is 0 Å². The zero-order chi connectivity index (χ0) is 11.4. The maximum atomic E-state index is 6.79. The molecule has 0 aliphatic carbocycles. The van der Waals surface area contributed by atoms with Gasteiger partial charge in [-0.2, -0.15) is 0 Å². The van der Waals surface area contributed by atoms with Gasteiger partial charge < -0.3 is 16.1 Å². The molecule has 0 aliphatic rings. The second-order valence-electron chi connectivity index (χ2n) is 1.95. The van der Waals surface area contributed by atoms with Crippen molar-refractivity contribution < 1.29 is 0 Å². The van der Waals surface area contributed by atoms with E-state index >= 15 is 0 Å². The number of aromatic nitrogens is 2. The number of hydrogen-bond donors (Lipinski definition) is 3. The maximum absolute atomic E-state index is 6.79. The molecule has 0 saturated carbocycles. The number of nitrogens with zero attached hydrogens (tertiary/aromatic N) is 1. The Bertz CT molecular complexity index is 237. The fourth-order valence-electron chi connectivity index (χ4n) is 0.685.